The highest BCUT2D eigenvalue weighted by Crippen LogP contribution is 2.37. The summed E-state index contributed by atoms with van der Waals surface area (Å²) in [6.07, 6.45) is 10.2. The first-order chi connectivity index (χ1) is 16.9. The van der Waals surface area contributed by atoms with E-state index in [2.05, 4.69) is 28.8 Å². The monoisotopic (exact) mass is 479 g/mol. The Morgan fingerprint density at radius 1 is 1.17 bits per heavy atom. The second-order valence-electron chi connectivity index (χ2n) is 10.7. The van der Waals surface area contributed by atoms with E-state index in [1.54, 1.807) is 13.3 Å². The molecule has 1 aromatic heterocycles. The largest absolute Gasteiger partial charge is 0.385 e. The molecular weight excluding hydrogens is 442 g/mol. The first-order valence-corrected chi connectivity index (χ1v) is 13.0. The predicted molar refractivity (Wildman–Crippen MR) is 135 cm³/mol. The van der Waals surface area contributed by atoms with Crippen LogP contribution < -0.4 is 0 Å². The molecule has 1 saturated heterocycles. The molecule has 0 N–H and O–H groups in total. The number of aromatic nitrogens is 2. The molecule has 1 aromatic rings. The summed E-state index contributed by atoms with van der Waals surface area (Å²) in [4.78, 5) is 35.4. The summed E-state index contributed by atoms with van der Waals surface area (Å²) in [5.74, 6) is 0.170. The number of allylic oxidation sites excluding steroid dienone is 2. The summed E-state index contributed by atoms with van der Waals surface area (Å²) in [5.41, 5.74) is 3.84. The average molecular weight is 480 g/mol. The molecule has 2 amide bonds. The fourth-order valence-electron chi connectivity index (χ4n) is 5.56. The van der Waals surface area contributed by atoms with E-state index in [4.69, 9.17) is 4.74 Å². The van der Waals surface area contributed by atoms with Crippen molar-refractivity contribution in [1.82, 2.24) is 19.6 Å². The van der Waals surface area contributed by atoms with Crippen molar-refractivity contribution < 1.29 is 14.3 Å². The van der Waals surface area contributed by atoms with Crippen molar-refractivity contribution in [1.29, 1.82) is 0 Å². The molecule has 188 valence electrons. The lowest BCUT2D eigenvalue weighted by Crippen LogP contribution is -2.59. The fraction of sp³-hybridized carbons (Fsp3) is 0.630. The van der Waals surface area contributed by atoms with E-state index in [-0.39, 0.29) is 23.8 Å². The average Bonchev–Trinajstić information content (AvgIpc) is 3.54. The van der Waals surface area contributed by atoms with Crippen molar-refractivity contribution in [3.63, 3.8) is 0 Å². The zero-order chi connectivity index (χ0) is 24.7. The molecule has 4 aliphatic rings. The molecular formula is C27H37N5O3. The second-order valence-corrected chi connectivity index (χ2v) is 10.7. The van der Waals surface area contributed by atoms with Crippen molar-refractivity contribution in [3.05, 3.63) is 35.2 Å². The Morgan fingerprint density at radius 3 is 2.71 bits per heavy atom. The van der Waals surface area contributed by atoms with Gasteiger partial charge in [0.2, 0.25) is 5.91 Å². The first-order valence-electron chi connectivity index (χ1n) is 13.0. The van der Waals surface area contributed by atoms with Gasteiger partial charge in [0.1, 0.15) is 0 Å². The number of carbonyl (C=O) groups is 2. The maximum atomic E-state index is 13.9. The number of aliphatic imine (C=N–C) groups is 1. The smallest absolute Gasteiger partial charge is 0.281 e. The van der Waals surface area contributed by atoms with E-state index >= 15 is 0 Å². The van der Waals surface area contributed by atoms with Crippen molar-refractivity contribution >= 4 is 23.1 Å². The van der Waals surface area contributed by atoms with Gasteiger partial charge in [0.15, 0.2) is 0 Å². The highest BCUT2D eigenvalue weighted by molar-refractivity contribution is 6.36. The number of hydrogen-bond donors (Lipinski definition) is 0. The van der Waals surface area contributed by atoms with Crippen LogP contribution in [-0.4, -0.2) is 82.5 Å². The van der Waals surface area contributed by atoms with Crippen LogP contribution in [0.2, 0.25) is 0 Å². The van der Waals surface area contributed by atoms with Gasteiger partial charge in [0, 0.05) is 51.0 Å². The molecule has 5 rings (SSSR count). The number of hydrogen-bond acceptors (Lipinski definition) is 5. The van der Waals surface area contributed by atoms with Crippen LogP contribution in [0.5, 0.6) is 0 Å². The van der Waals surface area contributed by atoms with Crippen LogP contribution in [0, 0.1) is 11.8 Å². The van der Waals surface area contributed by atoms with Crippen LogP contribution in [-0.2, 0) is 16.1 Å². The topological polar surface area (TPSA) is 80.0 Å². The molecule has 2 fully saturated rings. The van der Waals surface area contributed by atoms with Gasteiger partial charge in [0.05, 0.1) is 29.1 Å². The summed E-state index contributed by atoms with van der Waals surface area (Å²) in [5, 5.41) is 4.52. The summed E-state index contributed by atoms with van der Waals surface area (Å²) in [6.45, 7) is 10.6. The zero-order valence-electron chi connectivity index (χ0n) is 21.4. The molecule has 0 radical (unpaired) electrons. The Balaban J connectivity index is 1.35. The van der Waals surface area contributed by atoms with Gasteiger partial charge in [-0.3, -0.25) is 19.2 Å². The van der Waals surface area contributed by atoms with Crippen LogP contribution in [0.3, 0.4) is 0 Å². The number of rotatable bonds is 8. The van der Waals surface area contributed by atoms with Crippen molar-refractivity contribution in [2.24, 2.45) is 16.8 Å². The lowest BCUT2D eigenvalue weighted by atomic mass is 9.84. The van der Waals surface area contributed by atoms with E-state index in [1.165, 1.54) is 12.8 Å². The fourth-order valence-corrected chi connectivity index (χ4v) is 5.56. The molecule has 2 aliphatic heterocycles. The maximum Gasteiger partial charge on any atom is 0.281 e. The third-order valence-electron chi connectivity index (χ3n) is 7.85. The van der Waals surface area contributed by atoms with Gasteiger partial charge >= 0.3 is 0 Å². The van der Waals surface area contributed by atoms with Gasteiger partial charge in [-0.15, -0.1) is 0 Å². The van der Waals surface area contributed by atoms with E-state index in [1.807, 2.05) is 28.7 Å². The van der Waals surface area contributed by atoms with Gasteiger partial charge in [-0.05, 0) is 65.0 Å². The molecule has 8 nitrogen and oxygen atoms in total. The molecule has 1 unspecified atom stereocenters. The van der Waals surface area contributed by atoms with Gasteiger partial charge in [-0.2, -0.15) is 5.10 Å². The van der Waals surface area contributed by atoms with Gasteiger partial charge in [-0.25, -0.2) is 4.99 Å². The van der Waals surface area contributed by atoms with Crippen LogP contribution in [0.4, 0.5) is 0 Å². The van der Waals surface area contributed by atoms with Gasteiger partial charge < -0.3 is 9.64 Å². The SMILES string of the molecule is COCCCCN1C[C@H](C)N(C(=O)C2C=C3C(=NC(=O)c4cnn(CC5CC5)c43)C=C2C)C[C@H]1C. The van der Waals surface area contributed by atoms with E-state index in [0.29, 0.717) is 23.2 Å². The number of unbranched alkanes of at least 4 members (excludes halogenated alkanes) is 1. The Bertz CT molecular complexity index is 1100. The van der Waals surface area contributed by atoms with E-state index < -0.39 is 0 Å². The van der Waals surface area contributed by atoms with Crippen LogP contribution in [0.1, 0.15) is 62.5 Å². The zero-order valence-corrected chi connectivity index (χ0v) is 21.4. The third kappa shape index (κ3) is 4.78. The number of ether oxygens (including phenoxy) is 1. The minimum atomic E-state index is -0.350. The quantitative estimate of drug-likeness (QED) is 0.535. The minimum absolute atomic E-state index is 0.135. The Hall–Kier alpha value is -2.58. The van der Waals surface area contributed by atoms with Crippen molar-refractivity contribution in [2.45, 2.75) is 65.1 Å². The van der Waals surface area contributed by atoms with Crippen LogP contribution >= 0.6 is 0 Å². The maximum absolute atomic E-state index is 13.9. The second kappa shape index (κ2) is 9.82. The molecule has 35 heavy (non-hydrogen) atoms. The summed E-state index contributed by atoms with van der Waals surface area (Å²) in [7, 11) is 1.74. The number of nitrogens with zero attached hydrogens (tertiary/aromatic N) is 5. The minimum Gasteiger partial charge on any atom is -0.385 e. The van der Waals surface area contributed by atoms with Gasteiger partial charge in [0.25, 0.3) is 5.91 Å². The molecule has 0 aromatic carbocycles. The van der Waals surface area contributed by atoms with Crippen molar-refractivity contribution in [2.75, 3.05) is 33.4 Å². The number of carbonyl (C=O) groups excluding carboxylic acids is 2. The van der Waals surface area contributed by atoms with Gasteiger partial charge in [-0.1, -0.05) is 11.6 Å². The molecule has 2 aliphatic carbocycles. The van der Waals surface area contributed by atoms with Crippen molar-refractivity contribution in [3.8, 4) is 0 Å². The normalized spacial score (nSPS) is 26.6. The Morgan fingerprint density at radius 2 is 1.97 bits per heavy atom. The molecule has 0 spiro atoms. The molecule has 8 heteroatoms. The molecule has 3 heterocycles. The summed E-state index contributed by atoms with van der Waals surface area (Å²) >= 11 is 0. The number of methoxy groups -OCH3 is 1. The van der Waals surface area contributed by atoms with Crippen LogP contribution in [0.15, 0.2) is 28.9 Å². The predicted octanol–water partition coefficient (Wildman–Crippen LogP) is 3.20. The highest BCUT2D eigenvalue weighted by Gasteiger charge is 2.38. The lowest BCUT2D eigenvalue weighted by Gasteiger charge is -2.45. The van der Waals surface area contributed by atoms with Crippen LogP contribution in [0.25, 0.3) is 5.57 Å². The summed E-state index contributed by atoms with van der Waals surface area (Å²) < 4.78 is 7.13. The molecule has 3 atom stereocenters. The standard InChI is InChI=1S/C27H37N5O3/c1-17-11-24-22(25-23(26(33)29-24)13-28-32(25)16-20-7-8-20)12-21(17)27(34)31-15-18(2)30(14-19(31)3)9-5-6-10-35-4/h11-13,18-21H,5-10,14-16H2,1-4H3/t18-,19+,21?/m1/s1. The third-order valence-corrected chi connectivity index (χ3v) is 7.85. The number of amides is 2. The molecule has 1 saturated carbocycles. The van der Waals surface area contributed by atoms with E-state index in [0.717, 1.165) is 62.5 Å². The first kappa shape index (κ1) is 24.1. The number of fused-ring (bicyclic) bond motifs is 3. The lowest BCUT2D eigenvalue weighted by molar-refractivity contribution is -0.139. The Labute approximate surface area is 207 Å². The highest BCUT2D eigenvalue weighted by atomic mass is 16.5. The Kier molecular flexibility index (Phi) is 6.77. The molecule has 0 bridgehead atoms. The number of piperazine rings is 1. The van der Waals surface area contributed by atoms with E-state index in [9.17, 15) is 9.59 Å². The summed E-state index contributed by atoms with van der Waals surface area (Å²) in [6, 6.07) is 0.459.